The Morgan fingerprint density at radius 1 is 0.698 bits per heavy atom. The second kappa shape index (κ2) is 21.2. The van der Waals surface area contributed by atoms with Gasteiger partial charge in [-0.2, -0.15) is 11.8 Å². The predicted molar refractivity (Wildman–Crippen MR) is 183 cm³/mol. The Morgan fingerprint density at radius 2 is 1.12 bits per heavy atom. The van der Waals surface area contributed by atoms with E-state index in [1.165, 1.54) is 70.6 Å². The van der Waals surface area contributed by atoms with Gasteiger partial charge in [-0.3, -0.25) is 4.79 Å². The van der Waals surface area contributed by atoms with Crippen LogP contribution in [-0.2, 0) is 15.1 Å². The number of unbranched alkanes of at least 4 members (excludes halogenated alkanes) is 11. The molecular weight excluding hydrogens is 550 g/mol. The maximum absolute atomic E-state index is 12.4. The lowest BCUT2D eigenvalue weighted by Crippen LogP contribution is -2.40. The Bertz CT molecular complexity index is 1010. The Balaban J connectivity index is 1.37. The SMILES string of the molecule is CCCCCCCCCCCCCCSCC(=O)NCC(O)COC(c1ccccc1)(c1ccccc1)c1ccccc1. The molecule has 3 aromatic carbocycles. The topological polar surface area (TPSA) is 58.6 Å². The summed E-state index contributed by atoms with van der Waals surface area (Å²) in [5.74, 6) is 1.39. The first kappa shape index (κ1) is 34.9. The molecule has 0 aliphatic rings. The summed E-state index contributed by atoms with van der Waals surface area (Å²) >= 11 is 1.68. The zero-order valence-electron chi connectivity index (χ0n) is 26.2. The van der Waals surface area contributed by atoms with E-state index in [1.807, 2.05) is 54.6 Å². The molecule has 0 bridgehead atoms. The smallest absolute Gasteiger partial charge is 0.230 e. The highest BCUT2D eigenvalue weighted by molar-refractivity contribution is 7.99. The normalized spacial score (nSPS) is 12.2. The third-order valence-corrected chi connectivity index (χ3v) is 8.99. The van der Waals surface area contributed by atoms with Crippen LogP contribution in [0.15, 0.2) is 91.0 Å². The summed E-state index contributed by atoms with van der Waals surface area (Å²) in [4.78, 5) is 12.4. The number of aliphatic hydroxyl groups is 1. The summed E-state index contributed by atoms with van der Waals surface area (Å²) in [5.41, 5.74) is 2.06. The molecule has 0 saturated heterocycles. The van der Waals surface area contributed by atoms with Gasteiger partial charge in [0.05, 0.1) is 18.5 Å². The van der Waals surface area contributed by atoms with Crippen molar-refractivity contribution >= 4 is 17.7 Å². The molecule has 1 amide bonds. The second-order valence-corrected chi connectivity index (χ2v) is 12.6. The number of benzene rings is 3. The van der Waals surface area contributed by atoms with Crippen LogP contribution in [0.5, 0.6) is 0 Å². The van der Waals surface area contributed by atoms with Crippen molar-refractivity contribution in [2.45, 2.75) is 95.7 Å². The quantitative estimate of drug-likeness (QED) is 0.0839. The van der Waals surface area contributed by atoms with Crippen molar-refractivity contribution in [1.29, 1.82) is 0 Å². The molecule has 2 N–H and O–H groups in total. The van der Waals surface area contributed by atoms with Crippen molar-refractivity contribution < 1.29 is 14.6 Å². The summed E-state index contributed by atoms with van der Waals surface area (Å²) in [6, 6.07) is 30.3. The van der Waals surface area contributed by atoms with Gasteiger partial charge in [-0.05, 0) is 28.9 Å². The fourth-order valence-corrected chi connectivity index (χ4v) is 6.38. The highest BCUT2D eigenvalue weighted by Crippen LogP contribution is 2.40. The van der Waals surface area contributed by atoms with E-state index in [2.05, 4.69) is 48.6 Å². The first-order valence-electron chi connectivity index (χ1n) is 16.5. The second-order valence-electron chi connectivity index (χ2n) is 11.5. The van der Waals surface area contributed by atoms with Gasteiger partial charge in [0.1, 0.15) is 5.60 Å². The number of hydrogen-bond donors (Lipinski definition) is 2. The van der Waals surface area contributed by atoms with Crippen LogP contribution in [-0.4, -0.2) is 41.8 Å². The van der Waals surface area contributed by atoms with E-state index in [-0.39, 0.29) is 19.1 Å². The third-order valence-electron chi connectivity index (χ3n) is 7.94. The molecule has 0 radical (unpaired) electrons. The van der Waals surface area contributed by atoms with Crippen molar-refractivity contribution in [3.8, 4) is 0 Å². The van der Waals surface area contributed by atoms with Crippen LogP contribution >= 0.6 is 11.8 Å². The van der Waals surface area contributed by atoms with Crippen LogP contribution in [0.1, 0.15) is 101 Å². The van der Waals surface area contributed by atoms with E-state index in [0.717, 1.165) is 28.9 Å². The molecule has 0 heterocycles. The van der Waals surface area contributed by atoms with Gasteiger partial charge in [-0.25, -0.2) is 0 Å². The molecule has 3 aromatic rings. The van der Waals surface area contributed by atoms with Gasteiger partial charge in [0, 0.05) is 6.54 Å². The molecule has 0 fully saturated rings. The predicted octanol–water partition coefficient (Wildman–Crippen LogP) is 8.91. The molecule has 234 valence electrons. The Kier molecular flexibility index (Phi) is 17.2. The van der Waals surface area contributed by atoms with E-state index in [0.29, 0.717) is 5.75 Å². The number of amides is 1. The average molecular weight is 604 g/mol. The zero-order valence-corrected chi connectivity index (χ0v) is 27.0. The van der Waals surface area contributed by atoms with Crippen molar-refractivity contribution in [2.24, 2.45) is 0 Å². The van der Waals surface area contributed by atoms with E-state index >= 15 is 0 Å². The largest absolute Gasteiger partial charge is 0.389 e. The Hall–Kier alpha value is -2.60. The van der Waals surface area contributed by atoms with Crippen molar-refractivity contribution in [3.05, 3.63) is 108 Å². The number of thioether (sulfide) groups is 1. The molecular formula is C38H53NO3S. The van der Waals surface area contributed by atoms with E-state index in [4.69, 9.17) is 4.74 Å². The third kappa shape index (κ3) is 12.5. The molecule has 1 unspecified atom stereocenters. The van der Waals surface area contributed by atoms with Crippen LogP contribution in [0.25, 0.3) is 0 Å². The molecule has 0 aliphatic heterocycles. The lowest BCUT2D eigenvalue weighted by molar-refractivity contribution is -0.119. The molecule has 3 rings (SSSR count). The monoisotopic (exact) mass is 603 g/mol. The van der Waals surface area contributed by atoms with Crippen LogP contribution in [0.4, 0.5) is 0 Å². The first-order valence-corrected chi connectivity index (χ1v) is 17.6. The Morgan fingerprint density at radius 3 is 1.56 bits per heavy atom. The van der Waals surface area contributed by atoms with E-state index in [1.54, 1.807) is 11.8 Å². The molecule has 0 saturated carbocycles. The maximum Gasteiger partial charge on any atom is 0.230 e. The minimum absolute atomic E-state index is 0.0385. The highest BCUT2D eigenvalue weighted by atomic mass is 32.2. The summed E-state index contributed by atoms with van der Waals surface area (Å²) in [7, 11) is 0. The first-order chi connectivity index (χ1) is 21.2. The van der Waals surface area contributed by atoms with Crippen molar-refractivity contribution in [3.63, 3.8) is 0 Å². The van der Waals surface area contributed by atoms with Gasteiger partial charge in [0.15, 0.2) is 0 Å². The van der Waals surface area contributed by atoms with E-state index in [9.17, 15) is 9.90 Å². The van der Waals surface area contributed by atoms with Gasteiger partial charge in [0.2, 0.25) is 5.91 Å². The van der Waals surface area contributed by atoms with Crippen LogP contribution < -0.4 is 5.32 Å². The summed E-state index contributed by atoms with van der Waals surface area (Å²) in [6.45, 7) is 2.50. The maximum atomic E-state index is 12.4. The highest BCUT2D eigenvalue weighted by Gasteiger charge is 2.38. The van der Waals surface area contributed by atoms with Gasteiger partial charge in [-0.1, -0.05) is 169 Å². The number of carbonyl (C=O) groups is 1. The zero-order chi connectivity index (χ0) is 30.4. The minimum atomic E-state index is -0.890. The van der Waals surface area contributed by atoms with Gasteiger partial charge in [0.25, 0.3) is 0 Å². The van der Waals surface area contributed by atoms with Crippen LogP contribution in [0.2, 0.25) is 0 Å². The lowest BCUT2D eigenvalue weighted by Gasteiger charge is -2.36. The number of rotatable bonds is 23. The molecule has 0 aromatic heterocycles. The molecule has 43 heavy (non-hydrogen) atoms. The number of carbonyl (C=O) groups excluding carboxylic acids is 1. The van der Waals surface area contributed by atoms with Crippen LogP contribution in [0, 0.1) is 0 Å². The summed E-state index contributed by atoms with van der Waals surface area (Å²) in [6.07, 6.45) is 15.2. The fourth-order valence-electron chi connectivity index (χ4n) is 5.54. The van der Waals surface area contributed by atoms with Crippen molar-refractivity contribution in [1.82, 2.24) is 5.32 Å². The van der Waals surface area contributed by atoms with Crippen LogP contribution in [0.3, 0.4) is 0 Å². The summed E-state index contributed by atoms with van der Waals surface area (Å²) < 4.78 is 6.66. The molecule has 4 nitrogen and oxygen atoms in total. The summed E-state index contributed by atoms with van der Waals surface area (Å²) in [5, 5.41) is 13.7. The Labute approximate surface area is 265 Å². The van der Waals surface area contributed by atoms with Gasteiger partial charge in [-0.15, -0.1) is 0 Å². The molecule has 5 heteroatoms. The van der Waals surface area contributed by atoms with Gasteiger partial charge >= 0.3 is 0 Å². The van der Waals surface area contributed by atoms with E-state index < -0.39 is 11.7 Å². The fraction of sp³-hybridized carbons (Fsp3) is 0.500. The van der Waals surface area contributed by atoms with Gasteiger partial charge < -0.3 is 15.2 Å². The lowest BCUT2D eigenvalue weighted by atomic mass is 9.80. The molecule has 0 aliphatic carbocycles. The van der Waals surface area contributed by atoms with Crippen molar-refractivity contribution in [2.75, 3.05) is 24.7 Å². The molecule has 0 spiro atoms. The number of hydrogen-bond acceptors (Lipinski definition) is 4. The average Bonchev–Trinajstić information content (AvgIpc) is 3.06. The number of aliphatic hydroxyl groups excluding tert-OH is 1. The molecule has 1 atom stereocenters. The number of ether oxygens (including phenoxy) is 1. The standard InChI is InChI=1S/C38H53NO3S/c1-2-3-4-5-6-7-8-9-10-11-12-22-29-43-32-37(41)39-30-36(40)31-42-38(33-23-16-13-17-24-33,34-25-18-14-19-26-34)35-27-20-15-21-28-35/h13-21,23-28,36,40H,2-12,22,29-32H2,1H3,(H,39,41). The minimum Gasteiger partial charge on any atom is -0.389 e. The number of nitrogens with one attached hydrogen (secondary N) is 1.